The Bertz CT molecular complexity index is 1070. The van der Waals surface area contributed by atoms with Gasteiger partial charge in [0, 0.05) is 29.3 Å². The lowest BCUT2D eigenvalue weighted by Gasteiger charge is -2.24. The van der Waals surface area contributed by atoms with Crippen LogP contribution in [0.4, 0.5) is 0 Å². The molecular formula is C24H35N5O5S3. The number of hydrogen-bond acceptors (Lipinski definition) is 8. The van der Waals surface area contributed by atoms with Gasteiger partial charge in [-0.2, -0.15) is 36.2 Å². The number of carboxylic acid groups (broad SMARTS) is 1. The Morgan fingerprint density at radius 1 is 0.946 bits per heavy atom. The molecule has 2 rings (SSSR count). The van der Waals surface area contributed by atoms with Crippen molar-refractivity contribution in [3.8, 4) is 0 Å². The van der Waals surface area contributed by atoms with Crippen molar-refractivity contribution in [3.63, 3.8) is 0 Å². The summed E-state index contributed by atoms with van der Waals surface area (Å²) in [6.45, 7) is 0. The molecular weight excluding hydrogens is 534 g/mol. The minimum absolute atomic E-state index is 0.0542. The topological polar surface area (TPSA) is 166 Å². The van der Waals surface area contributed by atoms with Crippen molar-refractivity contribution >= 4 is 70.7 Å². The van der Waals surface area contributed by atoms with Crippen LogP contribution in [-0.2, 0) is 25.6 Å². The average molecular weight is 570 g/mol. The molecule has 0 bridgehead atoms. The molecule has 4 atom stereocenters. The third kappa shape index (κ3) is 9.47. The summed E-state index contributed by atoms with van der Waals surface area (Å²) in [6.07, 6.45) is 6.38. The molecule has 1 aromatic carbocycles. The highest BCUT2D eigenvalue weighted by atomic mass is 32.2. The molecule has 0 radical (unpaired) electrons. The van der Waals surface area contributed by atoms with E-state index in [1.54, 1.807) is 18.0 Å². The Morgan fingerprint density at radius 2 is 1.54 bits per heavy atom. The van der Waals surface area contributed by atoms with Crippen LogP contribution < -0.4 is 21.7 Å². The summed E-state index contributed by atoms with van der Waals surface area (Å²) < 4.78 is 0. The number of carbonyl (C=O) groups excluding carboxylic acids is 3. The van der Waals surface area contributed by atoms with Crippen molar-refractivity contribution in [3.05, 3.63) is 36.0 Å². The van der Waals surface area contributed by atoms with E-state index in [0.29, 0.717) is 24.3 Å². The number of aliphatic carboxylic acids is 1. The van der Waals surface area contributed by atoms with Crippen LogP contribution in [0.25, 0.3) is 10.9 Å². The lowest BCUT2D eigenvalue weighted by atomic mass is 10.0. The number of hydrogen-bond donors (Lipinski definition) is 7. The number of aromatic amines is 1. The smallest absolute Gasteiger partial charge is 0.326 e. The van der Waals surface area contributed by atoms with Crippen LogP contribution in [0, 0.1) is 0 Å². The first kappa shape index (κ1) is 30.9. The quantitative estimate of drug-likeness (QED) is 0.147. The number of nitrogens with two attached hydrogens (primary N) is 1. The van der Waals surface area contributed by atoms with Crippen molar-refractivity contribution in [1.29, 1.82) is 0 Å². The molecule has 0 aliphatic carbocycles. The van der Waals surface area contributed by atoms with Crippen LogP contribution in [0.15, 0.2) is 30.5 Å². The SMILES string of the molecule is CSCCC(N)C(=O)NC(CCSC)C(=O)NC(CS)C(=O)NC(Cc1c[nH]c2ccccc12)C(=O)O. The number of H-pyrrole nitrogens is 1. The number of carbonyl (C=O) groups is 4. The standard InChI is InChI=1S/C24H35N5O5S3/c1-36-9-7-16(25)21(30)27-18(8-10-37-2)22(31)29-20(13-35)23(32)28-19(24(33)34)11-14-12-26-17-6-4-3-5-15(14)17/h3-6,12,16,18-20,26,35H,7-11,13,25H2,1-2H3,(H,27,30)(H,28,32)(H,29,31)(H,33,34). The van der Waals surface area contributed by atoms with Gasteiger partial charge in [-0.15, -0.1) is 0 Å². The molecule has 0 saturated heterocycles. The van der Waals surface area contributed by atoms with Crippen molar-refractivity contribution in [2.45, 2.75) is 43.4 Å². The molecule has 13 heteroatoms. The molecule has 4 unspecified atom stereocenters. The first-order chi connectivity index (χ1) is 17.7. The minimum atomic E-state index is -1.22. The van der Waals surface area contributed by atoms with Crippen molar-refractivity contribution in [2.75, 3.05) is 29.8 Å². The first-order valence-corrected chi connectivity index (χ1v) is 15.2. The number of carboxylic acids is 1. The number of thiol groups is 1. The van der Waals surface area contributed by atoms with Crippen LogP contribution in [-0.4, -0.2) is 87.7 Å². The summed E-state index contributed by atoms with van der Waals surface area (Å²) in [5, 5.41) is 18.4. The minimum Gasteiger partial charge on any atom is -0.480 e. The van der Waals surface area contributed by atoms with Crippen LogP contribution in [0.2, 0.25) is 0 Å². The molecule has 0 spiro atoms. The second-order valence-corrected chi connectivity index (χ2v) is 10.8. The third-order valence-electron chi connectivity index (χ3n) is 5.74. The van der Waals surface area contributed by atoms with Crippen molar-refractivity contribution in [2.24, 2.45) is 5.73 Å². The maximum atomic E-state index is 13.0. The third-order valence-corrected chi connectivity index (χ3v) is 7.40. The van der Waals surface area contributed by atoms with Crippen molar-refractivity contribution in [1.82, 2.24) is 20.9 Å². The van der Waals surface area contributed by atoms with Gasteiger partial charge in [-0.05, 0) is 48.5 Å². The number of thioether (sulfide) groups is 2. The van der Waals surface area contributed by atoms with Gasteiger partial charge in [-0.3, -0.25) is 14.4 Å². The van der Waals surface area contributed by atoms with Crippen LogP contribution in [0.5, 0.6) is 0 Å². The van der Waals surface area contributed by atoms with Gasteiger partial charge in [0.25, 0.3) is 0 Å². The van der Waals surface area contributed by atoms with E-state index in [4.69, 9.17) is 5.73 Å². The van der Waals surface area contributed by atoms with Gasteiger partial charge in [0.2, 0.25) is 17.7 Å². The van der Waals surface area contributed by atoms with E-state index in [9.17, 15) is 24.3 Å². The van der Waals surface area contributed by atoms with E-state index in [2.05, 4.69) is 33.6 Å². The number of nitrogens with one attached hydrogen (secondary N) is 4. The molecule has 204 valence electrons. The molecule has 0 aliphatic heterocycles. The largest absolute Gasteiger partial charge is 0.480 e. The van der Waals surface area contributed by atoms with E-state index in [0.717, 1.165) is 16.5 Å². The normalized spacial score (nSPS) is 14.4. The number of benzene rings is 1. The fourth-order valence-electron chi connectivity index (χ4n) is 3.62. The Kier molecular flexibility index (Phi) is 13.2. The van der Waals surface area contributed by atoms with E-state index in [1.165, 1.54) is 11.8 Å². The molecule has 0 fully saturated rings. The van der Waals surface area contributed by atoms with Crippen LogP contribution >= 0.6 is 36.2 Å². The molecule has 3 amide bonds. The predicted molar refractivity (Wildman–Crippen MR) is 153 cm³/mol. The summed E-state index contributed by atoms with van der Waals surface area (Å²) in [5.41, 5.74) is 7.54. The highest BCUT2D eigenvalue weighted by Gasteiger charge is 2.30. The summed E-state index contributed by atoms with van der Waals surface area (Å²) in [6, 6.07) is 3.51. The Hall–Kier alpha value is -2.35. The Morgan fingerprint density at radius 3 is 2.19 bits per heavy atom. The number of rotatable bonds is 16. The lowest BCUT2D eigenvalue weighted by molar-refractivity contribution is -0.142. The number of fused-ring (bicyclic) bond motifs is 1. The molecule has 1 heterocycles. The first-order valence-electron chi connectivity index (χ1n) is 11.7. The highest BCUT2D eigenvalue weighted by molar-refractivity contribution is 7.98. The second-order valence-electron chi connectivity index (χ2n) is 8.44. The maximum absolute atomic E-state index is 13.0. The zero-order chi connectivity index (χ0) is 27.4. The highest BCUT2D eigenvalue weighted by Crippen LogP contribution is 2.19. The maximum Gasteiger partial charge on any atom is 0.326 e. The average Bonchev–Trinajstić information content (AvgIpc) is 3.29. The van der Waals surface area contributed by atoms with Crippen LogP contribution in [0.1, 0.15) is 18.4 Å². The zero-order valence-electron chi connectivity index (χ0n) is 20.9. The number of para-hydroxylation sites is 1. The molecule has 1 aromatic heterocycles. The second kappa shape index (κ2) is 15.8. The van der Waals surface area contributed by atoms with Gasteiger partial charge in [0.1, 0.15) is 18.1 Å². The van der Waals surface area contributed by atoms with Gasteiger partial charge in [0.05, 0.1) is 6.04 Å². The molecule has 37 heavy (non-hydrogen) atoms. The summed E-state index contributed by atoms with van der Waals surface area (Å²) in [4.78, 5) is 53.4. The van der Waals surface area contributed by atoms with Crippen molar-refractivity contribution < 1.29 is 24.3 Å². The molecule has 10 nitrogen and oxygen atoms in total. The van der Waals surface area contributed by atoms with Crippen LogP contribution in [0.3, 0.4) is 0 Å². The Balaban J connectivity index is 2.06. The summed E-state index contributed by atoms with van der Waals surface area (Å²) >= 11 is 7.26. The molecule has 0 saturated carbocycles. The fourth-order valence-corrected chi connectivity index (χ4v) is 4.84. The predicted octanol–water partition coefficient (Wildman–Crippen LogP) is 1.01. The fraction of sp³-hybridized carbons (Fsp3) is 0.500. The molecule has 7 N–H and O–H groups in total. The zero-order valence-corrected chi connectivity index (χ0v) is 23.4. The summed E-state index contributed by atoms with van der Waals surface area (Å²) in [5.74, 6) is -1.63. The lowest BCUT2D eigenvalue weighted by Crippen LogP contribution is -2.58. The van der Waals surface area contributed by atoms with Gasteiger partial charge in [-0.1, -0.05) is 18.2 Å². The van der Waals surface area contributed by atoms with Gasteiger partial charge in [0.15, 0.2) is 0 Å². The van der Waals surface area contributed by atoms with E-state index in [-0.39, 0.29) is 12.2 Å². The van der Waals surface area contributed by atoms with Gasteiger partial charge < -0.3 is 31.8 Å². The van der Waals surface area contributed by atoms with E-state index < -0.39 is 47.9 Å². The number of aromatic nitrogens is 1. The monoisotopic (exact) mass is 569 g/mol. The van der Waals surface area contributed by atoms with E-state index in [1.807, 2.05) is 36.8 Å². The number of amides is 3. The Labute approximate surface area is 230 Å². The van der Waals surface area contributed by atoms with E-state index >= 15 is 0 Å². The van der Waals surface area contributed by atoms with Gasteiger partial charge >= 0.3 is 5.97 Å². The summed E-state index contributed by atoms with van der Waals surface area (Å²) in [7, 11) is 0. The van der Waals surface area contributed by atoms with Gasteiger partial charge in [-0.25, -0.2) is 4.79 Å². The molecule has 2 aromatic rings. The molecule has 0 aliphatic rings.